The van der Waals surface area contributed by atoms with Crippen LogP contribution in [0.1, 0.15) is 23.7 Å². The first kappa shape index (κ1) is 18.5. The fraction of sp³-hybridized carbons (Fsp3) is 0.261. The molecule has 0 unspecified atom stereocenters. The van der Waals surface area contributed by atoms with Crippen molar-refractivity contribution in [2.24, 2.45) is 5.92 Å². The molecule has 3 aromatic heterocycles. The number of nitrogens with zero attached hydrogens (tertiary/aromatic N) is 4. The van der Waals surface area contributed by atoms with Crippen LogP contribution in [0.25, 0.3) is 22.2 Å². The van der Waals surface area contributed by atoms with Gasteiger partial charge in [0.2, 0.25) is 0 Å². The predicted molar refractivity (Wildman–Crippen MR) is 112 cm³/mol. The van der Waals surface area contributed by atoms with Crippen molar-refractivity contribution in [3.63, 3.8) is 0 Å². The van der Waals surface area contributed by atoms with E-state index in [1.54, 1.807) is 29.3 Å². The molecule has 1 aliphatic rings. The van der Waals surface area contributed by atoms with Crippen LogP contribution in [0, 0.1) is 11.7 Å². The molecule has 1 aromatic carbocycles. The van der Waals surface area contributed by atoms with Crippen LogP contribution in [-0.2, 0) is 6.54 Å². The van der Waals surface area contributed by atoms with Crippen molar-refractivity contribution < 1.29 is 9.18 Å². The highest BCUT2D eigenvalue weighted by Crippen LogP contribution is 2.29. The highest BCUT2D eigenvalue weighted by atomic mass is 19.1. The van der Waals surface area contributed by atoms with E-state index in [0.717, 1.165) is 35.1 Å². The van der Waals surface area contributed by atoms with Gasteiger partial charge in [-0.2, -0.15) is 5.10 Å². The highest BCUT2D eigenvalue weighted by molar-refractivity contribution is 5.94. The van der Waals surface area contributed by atoms with Gasteiger partial charge in [0.15, 0.2) is 0 Å². The molecule has 30 heavy (non-hydrogen) atoms. The standard InChI is InChI=1S/C23H22FN5O/c1-15-8-16(14-29(15)23(30)19-4-2-3-5-20(19)24)13-28-7-6-17-9-21(25-12-22(17)28)18-10-26-27-11-18/h2-7,9-12,15-16H,8,13-14H2,1H3,(H,26,27)/t15-,16+/m0/s1. The number of carbonyl (C=O) groups is 1. The minimum atomic E-state index is -0.464. The van der Waals surface area contributed by atoms with Gasteiger partial charge in [-0.1, -0.05) is 12.1 Å². The van der Waals surface area contributed by atoms with Crippen LogP contribution in [0.3, 0.4) is 0 Å². The monoisotopic (exact) mass is 403 g/mol. The lowest BCUT2D eigenvalue weighted by Gasteiger charge is -2.22. The summed E-state index contributed by atoms with van der Waals surface area (Å²) >= 11 is 0. The molecular weight excluding hydrogens is 381 g/mol. The van der Waals surface area contributed by atoms with E-state index in [1.807, 2.05) is 19.3 Å². The van der Waals surface area contributed by atoms with Crippen LogP contribution < -0.4 is 0 Å². The van der Waals surface area contributed by atoms with E-state index in [9.17, 15) is 9.18 Å². The van der Waals surface area contributed by atoms with Gasteiger partial charge in [-0.25, -0.2) is 4.39 Å². The lowest BCUT2D eigenvalue weighted by atomic mass is 10.1. The average molecular weight is 403 g/mol. The maximum absolute atomic E-state index is 14.1. The van der Waals surface area contributed by atoms with E-state index in [0.29, 0.717) is 12.5 Å². The van der Waals surface area contributed by atoms with Crippen molar-refractivity contribution in [1.29, 1.82) is 0 Å². The first-order valence-electron chi connectivity index (χ1n) is 10.1. The van der Waals surface area contributed by atoms with E-state index in [4.69, 9.17) is 0 Å². The maximum atomic E-state index is 14.1. The summed E-state index contributed by atoms with van der Waals surface area (Å²) < 4.78 is 16.3. The Morgan fingerprint density at radius 1 is 1.27 bits per heavy atom. The van der Waals surface area contributed by atoms with E-state index < -0.39 is 5.82 Å². The molecule has 4 aromatic rings. The Balaban J connectivity index is 1.33. The Morgan fingerprint density at radius 3 is 2.93 bits per heavy atom. The number of likely N-dealkylation sites (tertiary alicyclic amines) is 1. The van der Waals surface area contributed by atoms with Crippen molar-refractivity contribution in [2.75, 3.05) is 6.54 Å². The summed E-state index contributed by atoms with van der Waals surface area (Å²) in [6, 6.07) is 10.4. The Kier molecular flexibility index (Phi) is 4.58. The smallest absolute Gasteiger partial charge is 0.257 e. The third-order valence-electron chi connectivity index (χ3n) is 5.93. The van der Waals surface area contributed by atoms with E-state index >= 15 is 0 Å². The third-order valence-corrected chi connectivity index (χ3v) is 5.93. The second-order valence-electron chi connectivity index (χ2n) is 7.97. The molecule has 1 amide bonds. The summed E-state index contributed by atoms with van der Waals surface area (Å²) in [5.74, 6) is -0.388. The summed E-state index contributed by atoms with van der Waals surface area (Å²) in [6.07, 6.45) is 8.43. The number of nitrogens with one attached hydrogen (secondary N) is 1. The van der Waals surface area contributed by atoms with Gasteiger partial charge in [-0.3, -0.25) is 14.9 Å². The van der Waals surface area contributed by atoms with Crippen molar-refractivity contribution in [3.8, 4) is 11.3 Å². The number of aromatic amines is 1. The van der Waals surface area contributed by atoms with Crippen molar-refractivity contribution >= 4 is 16.8 Å². The zero-order chi connectivity index (χ0) is 20.7. The largest absolute Gasteiger partial charge is 0.346 e. The fourth-order valence-corrected chi connectivity index (χ4v) is 4.42. The molecule has 0 radical (unpaired) electrons. The Morgan fingerprint density at radius 2 is 2.13 bits per heavy atom. The van der Waals surface area contributed by atoms with Gasteiger partial charge in [-0.15, -0.1) is 0 Å². The Bertz CT molecular complexity index is 1200. The van der Waals surface area contributed by atoms with Gasteiger partial charge in [0.05, 0.1) is 29.2 Å². The zero-order valence-corrected chi connectivity index (χ0v) is 16.6. The maximum Gasteiger partial charge on any atom is 0.257 e. The number of amides is 1. The molecule has 4 heterocycles. The lowest BCUT2D eigenvalue weighted by molar-refractivity contribution is 0.0737. The Labute approximate surface area is 173 Å². The van der Waals surface area contributed by atoms with Gasteiger partial charge in [0, 0.05) is 42.5 Å². The number of hydrogen-bond donors (Lipinski definition) is 1. The number of benzene rings is 1. The van der Waals surface area contributed by atoms with Crippen LogP contribution >= 0.6 is 0 Å². The van der Waals surface area contributed by atoms with Gasteiger partial charge in [-0.05, 0) is 43.5 Å². The second-order valence-corrected chi connectivity index (χ2v) is 7.97. The second kappa shape index (κ2) is 7.40. The third kappa shape index (κ3) is 3.26. The van der Waals surface area contributed by atoms with Crippen LogP contribution in [0.4, 0.5) is 4.39 Å². The zero-order valence-electron chi connectivity index (χ0n) is 16.6. The minimum absolute atomic E-state index is 0.0785. The molecule has 0 spiro atoms. The first-order valence-corrected chi connectivity index (χ1v) is 10.1. The predicted octanol–water partition coefficient (Wildman–Crippen LogP) is 4.12. The van der Waals surface area contributed by atoms with E-state index in [1.165, 1.54) is 6.07 Å². The quantitative estimate of drug-likeness (QED) is 0.557. The summed E-state index contributed by atoms with van der Waals surface area (Å²) in [4.78, 5) is 19.2. The first-order chi connectivity index (χ1) is 14.6. The summed E-state index contributed by atoms with van der Waals surface area (Å²) in [5, 5.41) is 7.91. The number of pyridine rings is 1. The molecule has 152 valence electrons. The number of H-pyrrole nitrogens is 1. The normalized spacial score (nSPS) is 18.9. The van der Waals surface area contributed by atoms with Gasteiger partial charge in [0.25, 0.3) is 5.91 Å². The number of carbonyl (C=O) groups excluding carboxylic acids is 1. The molecule has 1 aliphatic heterocycles. The van der Waals surface area contributed by atoms with E-state index in [-0.39, 0.29) is 17.5 Å². The number of rotatable bonds is 4. The Hall–Kier alpha value is -3.48. The van der Waals surface area contributed by atoms with Crippen LogP contribution in [0.2, 0.25) is 0 Å². The summed E-state index contributed by atoms with van der Waals surface area (Å²) in [6.45, 7) is 3.45. The van der Waals surface area contributed by atoms with Gasteiger partial charge >= 0.3 is 0 Å². The molecule has 0 saturated carbocycles. The van der Waals surface area contributed by atoms with Crippen LogP contribution in [0.15, 0.2) is 61.2 Å². The molecule has 2 atom stereocenters. The highest BCUT2D eigenvalue weighted by Gasteiger charge is 2.34. The lowest BCUT2D eigenvalue weighted by Crippen LogP contribution is -2.34. The van der Waals surface area contributed by atoms with Crippen molar-refractivity contribution in [3.05, 3.63) is 72.6 Å². The molecule has 7 heteroatoms. The number of halogens is 1. The van der Waals surface area contributed by atoms with Crippen LogP contribution in [-0.4, -0.2) is 43.1 Å². The van der Waals surface area contributed by atoms with Crippen LogP contribution in [0.5, 0.6) is 0 Å². The molecule has 1 saturated heterocycles. The van der Waals surface area contributed by atoms with Gasteiger partial charge < -0.3 is 9.47 Å². The van der Waals surface area contributed by atoms with Crippen molar-refractivity contribution in [1.82, 2.24) is 24.6 Å². The van der Waals surface area contributed by atoms with Gasteiger partial charge in [0.1, 0.15) is 5.82 Å². The average Bonchev–Trinajstić information content (AvgIpc) is 3.48. The fourth-order valence-electron chi connectivity index (χ4n) is 4.42. The molecule has 1 fully saturated rings. The molecule has 0 aliphatic carbocycles. The summed E-state index contributed by atoms with van der Waals surface area (Å²) in [7, 11) is 0. The SMILES string of the molecule is C[C@H]1C[C@H](Cn2ccc3cc(-c4cn[nH]c4)ncc32)CN1C(=O)c1ccccc1F. The van der Waals surface area contributed by atoms with E-state index in [2.05, 4.69) is 38.1 Å². The molecule has 5 rings (SSSR count). The minimum Gasteiger partial charge on any atom is -0.346 e. The molecule has 0 bridgehead atoms. The molecule has 1 N–H and O–H groups in total. The van der Waals surface area contributed by atoms with Crippen molar-refractivity contribution in [2.45, 2.75) is 25.9 Å². The number of hydrogen-bond acceptors (Lipinski definition) is 3. The number of aromatic nitrogens is 4. The molecular formula is C23H22FN5O. The topological polar surface area (TPSA) is 66.8 Å². The molecule has 6 nitrogen and oxygen atoms in total. The number of fused-ring (bicyclic) bond motifs is 1. The summed E-state index contributed by atoms with van der Waals surface area (Å²) in [5.41, 5.74) is 3.04.